The number of nitrogens with zero attached hydrogens (tertiary/aromatic N) is 3. The Hall–Kier alpha value is -0.920. The Kier molecular flexibility index (Phi) is 7.12. The minimum atomic E-state index is -3.34. The molecule has 2 saturated heterocycles. The number of rotatable bonds is 7. The smallest absolute Gasteiger partial charge is 0.227 e. The van der Waals surface area contributed by atoms with Gasteiger partial charge < -0.3 is 9.30 Å². The van der Waals surface area contributed by atoms with E-state index in [0.717, 1.165) is 44.8 Å². The molecule has 26 heavy (non-hydrogen) atoms. The molecule has 0 aromatic carbocycles. The fourth-order valence-electron chi connectivity index (χ4n) is 4.01. The molecular formula is C19H33N3O3S. The summed E-state index contributed by atoms with van der Waals surface area (Å²) in [6, 6.07) is 0. The van der Waals surface area contributed by atoms with E-state index in [2.05, 4.69) is 9.88 Å². The van der Waals surface area contributed by atoms with E-state index in [1.807, 2.05) is 11.5 Å². The normalized spacial score (nSPS) is 23.0. The zero-order valence-corrected chi connectivity index (χ0v) is 16.8. The third-order valence-electron chi connectivity index (χ3n) is 5.40. The van der Waals surface area contributed by atoms with Crippen molar-refractivity contribution in [2.75, 3.05) is 25.4 Å². The van der Waals surface area contributed by atoms with E-state index in [4.69, 9.17) is 4.74 Å². The van der Waals surface area contributed by atoms with E-state index in [9.17, 15) is 8.42 Å². The average molecular weight is 384 g/mol. The molecule has 0 aliphatic carbocycles. The van der Waals surface area contributed by atoms with Crippen LogP contribution in [0.25, 0.3) is 0 Å². The molecule has 2 aliphatic heterocycles. The third-order valence-corrected chi connectivity index (χ3v) is 7.22. The number of aromatic nitrogens is 2. The fourth-order valence-corrected chi connectivity index (χ4v) is 5.47. The number of likely N-dealkylation sites (tertiary alicyclic amines) is 1. The summed E-state index contributed by atoms with van der Waals surface area (Å²) in [5, 5.41) is 0.233. The van der Waals surface area contributed by atoms with Gasteiger partial charge in [-0.3, -0.25) is 4.90 Å². The summed E-state index contributed by atoms with van der Waals surface area (Å²) in [4.78, 5) is 6.81. The lowest BCUT2D eigenvalue weighted by atomic mass is 10.1. The second kappa shape index (κ2) is 9.33. The van der Waals surface area contributed by atoms with Crippen molar-refractivity contribution in [2.24, 2.45) is 0 Å². The first-order chi connectivity index (χ1) is 12.6. The van der Waals surface area contributed by atoms with E-state index < -0.39 is 9.84 Å². The lowest BCUT2D eigenvalue weighted by Gasteiger charge is -2.25. The van der Waals surface area contributed by atoms with Crippen LogP contribution in [0.3, 0.4) is 0 Å². The molecule has 2 fully saturated rings. The highest BCUT2D eigenvalue weighted by atomic mass is 32.2. The monoisotopic (exact) mass is 383 g/mol. The van der Waals surface area contributed by atoms with Gasteiger partial charge in [0.05, 0.1) is 30.3 Å². The number of sulfone groups is 1. The highest BCUT2D eigenvalue weighted by molar-refractivity contribution is 7.91. The molecule has 0 bridgehead atoms. The summed E-state index contributed by atoms with van der Waals surface area (Å²) in [5.41, 5.74) is 1.01. The van der Waals surface area contributed by atoms with E-state index in [1.165, 1.54) is 32.1 Å². The van der Waals surface area contributed by atoms with Gasteiger partial charge >= 0.3 is 0 Å². The molecule has 0 radical (unpaired) electrons. The summed E-state index contributed by atoms with van der Waals surface area (Å²) in [6.07, 6.45) is 10.9. The minimum Gasteiger partial charge on any atom is -0.376 e. The summed E-state index contributed by atoms with van der Waals surface area (Å²) in [5.74, 6) is 0.151. The van der Waals surface area contributed by atoms with Crippen LogP contribution in [0.2, 0.25) is 0 Å². The van der Waals surface area contributed by atoms with E-state index in [-0.39, 0.29) is 17.0 Å². The van der Waals surface area contributed by atoms with Crippen LogP contribution in [0.5, 0.6) is 0 Å². The Morgan fingerprint density at radius 3 is 2.54 bits per heavy atom. The maximum atomic E-state index is 12.7. The Bertz CT molecular complexity index is 658. The van der Waals surface area contributed by atoms with Gasteiger partial charge in [-0.05, 0) is 45.2 Å². The van der Waals surface area contributed by atoms with Gasteiger partial charge in [-0.1, -0.05) is 26.2 Å². The third kappa shape index (κ3) is 5.08. The number of imidazole rings is 1. The SMILES string of the molecule is CCCS(=O)(=O)c1ncc(CN2CCCCCCC2)n1CC1CCCO1. The Morgan fingerprint density at radius 1 is 1.15 bits per heavy atom. The predicted molar refractivity (Wildman–Crippen MR) is 102 cm³/mol. The molecule has 0 saturated carbocycles. The van der Waals surface area contributed by atoms with Gasteiger partial charge in [0.15, 0.2) is 0 Å². The highest BCUT2D eigenvalue weighted by Crippen LogP contribution is 2.22. The lowest BCUT2D eigenvalue weighted by Crippen LogP contribution is -2.29. The Labute approximate surface area is 157 Å². The van der Waals surface area contributed by atoms with Crippen molar-refractivity contribution in [1.82, 2.24) is 14.5 Å². The number of hydrogen-bond donors (Lipinski definition) is 0. The van der Waals surface area contributed by atoms with Crippen LogP contribution in [0.1, 0.15) is 64.0 Å². The van der Waals surface area contributed by atoms with E-state index in [0.29, 0.717) is 13.0 Å². The predicted octanol–water partition coefficient (Wildman–Crippen LogP) is 3.01. The molecule has 2 aliphatic rings. The summed E-state index contributed by atoms with van der Waals surface area (Å²) in [6.45, 7) is 6.22. The van der Waals surface area contributed by atoms with Gasteiger partial charge in [0.1, 0.15) is 0 Å². The van der Waals surface area contributed by atoms with Gasteiger partial charge in [0, 0.05) is 13.2 Å². The van der Waals surface area contributed by atoms with E-state index >= 15 is 0 Å². The molecule has 1 aromatic heterocycles. The van der Waals surface area contributed by atoms with Gasteiger partial charge in [-0.2, -0.15) is 0 Å². The molecule has 0 N–H and O–H groups in total. The summed E-state index contributed by atoms with van der Waals surface area (Å²) < 4.78 is 33.1. The van der Waals surface area contributed by atoms with Crippen molar-refractivity contribution in [2.45, 2.75) is 82.6 Å². The van der Waals surface area contributed by atoms with Crippen molar-refractivity contribution in [1.29, 1.82) is 0 Å². The summed E-state index contributed by atoms with van der Waals surface area (Å²) in [7, 11) is -3.34. The molecular weight excluding hydrogens is 350 g/mol. The molecule has 1 aromatic rings. The molecule has 6 nitrogen and oxygen atoms in total. The summed E-state index contributed by atoms with van der Waals surface area (Å²) >= 11 is 0. The topological polar surface area (TPSA) is 64.4 Å². The lowest BCUT2D eigenvalue weighted by molar-refractivity contribution is 0.0931. The Balaban J connectivity index is 1.82. The number of hydrogen-bond acceptors (Lipinski definition) is 5. The first-order valence-corrected chi connectivity index (χ1v) is 11.9. The van der Waals surface area contributed by atoms with Crippen LogP contribution in [0.15, 0.2) is 11.4 Å². The average Bonchev–Trinajstić information content (AvgIpc) is 3.21. The standard InChI is InChI=1S/C19H33N3O3S/c1-2-13-26(23,24)19-20-14-17(22(19)16-18-9-8-12-25-18)15-21-10-6-4-3-5-7-11-21/h14,18H,2-13,15-16H2,1H3. The first-order valence-electron chi connectivity index (χ1n) is 10.2. The zero-order valence-electron chi connectivity index (χ0n) is 16.0. The molecule has 7 heteroatoms. The maximum absolute atomic E-state index is 12.7. The van der Waals surface area contributed by atoms with Gasteiger partial charge in [0.2, 0.25) is 15.0 Å². The zero-order chi connectivity index (χ0) is 18.4. The fraction of sp³-hybridized carbons (Fsp3) is 0.842. The van der Waals surface area contributed by atoms with Gasteiger partial charge in [-0.25, -0.2) is 13.4 Å². The van der Waals surface area contributed by atoms with Crippen LogP contribution in [-0.4, -0.2) is 54.4 Å². The van der Waals surface area contributed by atoms with Crippen LogP contribution in [0, 0.1) is 0 Å². The van der Waals surface area contributed by atoms with Crippen molar-refractivity contribution in [3.05, 3.63) is 11.9 Å². The van der Waals surface area contributed by atoms with Crippen LogP contribution in [-0.2, 0) is 27.7 Å². The molecule has 1 atom stereocenters. The van der Waals surface area contributed by atoms with Crippen molar-refractivity contribution < 1.29 is 13.2 Å². The van der Waals surface area contributed by atoms with Crippen LogP contribution < -0.4 is 0 Å². The van der Waals surface area contributed by atoms with Gasteiger partial charge in [0.25, 0.3) is 0 Å². The van der Waals surface area contributed by atoms with Gasteiger partial charge in [-0.15, -0.1) is 0 Å². The van der Waals surface area contributed by atoms with Crippen molar-refractivity contribution in [3.63, 3.8) is 0 Å². The molecule has 3 heterocycles. The molecule has 148 valence electrons. The molecule has 1 unspecified atom stereocenters. The first kappa shape index (κ1) is 19.8. The molecule has 0 amide bonds. The molecule has 3 rings (SSSR count). The highest BCUT2D eigenvalue weighted by Gasteiger charge is 2.26. The maximum Gasteiger partial charge on any atom is 0.227 e. The number of ether oxygens (including phenoxy) is 1. The van der Waals surface area contributed by atoms with Crippen LogP contribution >= 0.6 is 0 Å². The quantitative estimate of drug-likeness (QED) is 0.724. The Morgan fingerprint density at radius 2 is 1.88 bits per heavy atom. The van der Waals surface area contributed by atoms with Crippen molar-refractivity contribution >= 4 is 9.84 Å². The molecule has 0 spiro atoms. The largest absolute Gasteiger partial charge is 0.376 e. The van der Waals surface area contributed by atoms with Crippen LogP contribution in [0.4, 0.5) is 0 Å². The van der Waals surface area contributed by atoms with Crippen molar-refractivity contribution in [3.8, 4) is 0 Å². The van der Waals surface area contributed by atoms with E-state index in [1.54, 1.807) is 6.20 Å². The second-order valence-corrected chi connectivity index (χ2v) is 9.64. The second-order valence-electron chi connectivity index (χ2n) is 7.64. The minimum absolute atomic E-state index is 0.103.